The number of hydrogen-bond donors (Lipinski definition) is 1. The van der Waals surface area contributed by atoms with Crippen LogP contribution in [-0.4, -0.2) is 23.9 Å². The lowest BCUT2D eigenvalue weighted by molar-refractivity contribution is -0.276. The molecular formula is C11H10F6N2O3. The zero-order valence-corrected chi connectivity index (χ0v) is 11.0. The van der Waals surface area contributed by atoms with E-state index in [9.17, 15) is 31.1 Å². The number of carbonyl (C=O) groups is 1. The molecule has 22 heavy (non-hydrogen) atoms. The highest BCUT2D eigenvalue weighted by Gasteiger charge is 2.42. The third-order valence-corrected chi connectivity index (χ3v) is 2.24. The Bertz CT molecular complexity index is 556. The minimum Gasteiger partial charge on any atom is -0.461 e. The van der Waals surface area contributed by atoms with Crippen molar-refractivity contribution < 1.29 is 40.6 Å². The van der Waals surface area contributed by atoms with Gasteiger partial charge in [0.25, 0.3) is 0 Å². The first kappa shape index (κ1) is 18.0. The van der Waals surface area contributed by atoms with E-state index in [0.717, 1.165) is 0 Å². The molecular weight excluding hydrogens is 322 g/mol. The van der Waals surface area contributed by atoms with Gasteiger partial charge in [0.2, 0.25) is 0 Å². The third kappa shape index (κ3) is 4.48. The van der Waals surface area contributed by atoms with Crippen LogP contribution in [0.15, 0.2) is 6.07 Å². The van der Waals surface area contributed by atoms with Gasteiger partial charge in [-0.3, -0.25) is 0 Å². The van der Waals surface area contributed by atoms with Crippen LogP contribution in [-0.2, 0) is 17.5 Å². The van der Waals surface area contributed by atoms with Crippen molar-refractivity contribution in [2.45, 2.75) is 26.0 Å². The van der Waals surface area contributed by atoms with Gasteiger partial charge in [0.05, 0.1) is 12.3 Å². The second kappa shape index (κ2) is 6.38. The molecule has 1 heterocycles. The number of alkyl halides is 6. The van der Waals surface area contributed by atoms with Crippen LogP contribution in [0.2, 0.25) is 0 Å². The molecule has 1 aromatic rings. The Morgan fingerprint density at radius 1 is 1.27 bits per heavy atom. The number of pyridine rings is 1. The smallest absolute Gasteiger partial charge is 0.461 e. The van der Waals surface area contributed by atoms with E-state index >= 15 is 0 Å². The lowest BCUT2D eigenvalue weighted by Crippen LogP contribution is -2.24. The molecule has 0 aliphatic carbocycles. The summed E-state index contributed by atoms with van der Waals surface area (Å²) in [6.07, 6.45) is -10.6. The molecule has 0 saturated carbocycles. The standard InChI is InChI=1S/C11H10F6N2O3/c1-2-21-9(20)6-3-5(10(12,13)14)8(7(4-18)19-6)22-11(15,16)17/h3H,2,4,18H2,1H3. The lowest BCUT2D eigenvalue weighted by atomic mass is 10.1. The van der Waals surface area contributed by atoms with Crippen molar-refractivity contribution in [3.8, 4) is 5.75 Å². The van der Waals surface area contributed by atoms with Crippen molar-refractivity contribution in [1.82, 2.24) is 4.98 Å². The summed E-state index contributed by atoms with van der Waals surface area (Å²) in [7, 11) is 0. The van der Waals surface area contributed by atoms with Crippen molar-refractivity contribution >= 4 is 5.97 Å². The highest BCUT2D eigenvalue weighted by molar-refractivity contribution is 5.87. The summed E-state index contributed by atoms with van der Waals surface area (Å²) in [6, 6.07) is 0.123. The Kier molecular flexibility index (Phi) is 5.22. The van der Waals surface area contributed by atoms with Crippen molar-refractivity contribution in [3.05, 3.63) is 23.0 Å². The van der Waals surface area contributed by atoms with Gasteiger partial charge in [0.15, 0.2) is 5.75 Å². The molecule has 0 unspecified atom stereocenters. The topological polar surface area (TPSA) is 74.4 Å². The number of esters is 1. The van der Waals surface area contributed by atoms with Gasteiger partial charge in [-0.15, -0.1) is 13.2 Å². The van der Waals surface area contributed by atoms with Gasteiger partial charge in [-0.05, 0) is 13.0 Å². The number of hydrogen-bond acceptors (Lipinski definition) is 5. The molecule has 0 aliphatic rings. The largest absolute Gasteiger partial charge is 0.573 e. The predicted molar refractivity (Wildman–Crippen MR) is 59.8 cm³/mol. The first-order valence-corrected chi connectivity index (χ1v) is 5.73. The number of nitrogens with two attached hydrogens (primary N) is 1. The summed E-state index contributed by atoms with van der Waals surface area (Å²) in [4.78, 5) is 14.8. The molecule has 0 atom stereocenters. The third-order valence-electron chi connectivity index (χ3n) is 2.24. The Balaban J connectivity index is 3.51. The van der Waals surface area contributed by atoms with Crippen LogP contribution in [0, 0.1) is 0 Å². The van der Waals surface area contributed by atoms with Gasteiger partial charge < -0.3 is 15.2 Å². The van der Waals surface area contributed by atoms with E-state index in [2.05, 4.69) is 14.5 Å². The normalized spacial score (nSPS) is 12.2. The number of nitrogens with zero attached hydrogens (tertiary/aromatic N) is 1. The SMILES string of the molecule is CCOC(=O)c1cc(C(F)(F)F)c(OC(F)(F)F)c(CN)n1. The van der Waals surface area contributed by atoms with Gasteiger partial charge in [-0.1, -0.05) is 0 Å². The molecule has 0 radical (unpaired) electrons. The molecule has 0 aromatic carbocycles. The number of carbonyl (C=O) groups excluding carboxylic acids is 1. The van der Waals surface area contributed by atoms with Gasteiger partial charge in [0, 0.05) is 6.54 Å². The monoisotopic (exact) mass is 332 g/mol. The Hall–Kier alpha value is -2.04. The summed E-state index contributed by atoms with van der Waals surface area (Å²) in [6.45, 7) is 0.440. The van der Waals surface area contributed by atoms with Gasteiger partial charge in [0.1, 0.15) is 11.3 Å². The van der Waals surface area contributed by atoms with Gasteiger partial charge in [-0.2, -0.15) is 13.2 Å². The average Bonchev–Trinajstić information content (AvgIpc) is 2.35. The average molecular weight is 332 g/mol. The molecule has 2 N–H and O–H groups in total. The fraction of sp³-hybridized carbons (Fsp3) is 0.455. The summed E-state index contributed by atoms with van der Waals surface area (Å²) < 4.78 is 83.3. The number of rotatable bonds is 4. The van der Waals surface area contributed by atoms with E-state index in [1.165, 1.54) is 6.92 Å². The Morgan fingerprint density at radius 3 is 2.27 bits per heavy atom. The quantitative estimate of drug-likeness (QED) is 0.678. The van der Waals surface area contributed by atoms with Crippen molar-refractivity contribution in [1.29, 1.82) is 0 Å². The summed E-state index contributed by atoms with van der Waals surface area (Å²) in [5.74, 6) is -2.81. The maximum Gasteiger partial charge on any atom is 0.573 e. The predicted octanol–water partition coefficient (Wildman–Crippen LogP) is 2.63. The second-order valence-electron chi connectivity index (χ2n) is 3.80. The van der Waals surface area contributed by atoms with Crippen LogP contribution in [0.5, 0.6) is 5.75 Å². The number of ether oxygens (including phenoxy) is 2. The molecule has 0 bridgehead atoms. The molecule has 1 aromatic heterocycles. The summed E-state index contributed by atoms with van der Waals surface area (Å²) in [5.41, 5.74) is 1.60. The Labute approximate surface area is 120 Å². The molecule has 0 amide bonds. The lowest BCUT2D eigenvalue weighted by Gasteiger charge is -2.18. The van der Waals surface area contributed by atoms with Crippen LogP contribution in [0.25, 0.3) is 0 Å². The maximum atomic E-state index is 12.9. The fourth-order valence-corrected chi connectivity index (χ4v) is 1.47. The summed E-state index contributed by atoms with van der Waals surface area (Å²) >= 11 is 0. The van der Waals surface area contributed by atoms with Crippen LogP contribution in [0.3, 0.4) is 0 Å². The van der Waals surface area contributed by atoms with E-state index in [1.807, 2.05) is 0 Å². The second-order valence-corrected chi connectivity index (χ2v) is 3.80. The van der Waals surface area contributed by atoms with Crippen molar-refractivity contribution in [3.63, 3.8) is 0 Å². The molecule has 0 saturated heterocycles. The molecule has 0 spiro atoms. The van der Waals surface area contributed by atoms with Gasteiger partial charge >= 0.3 is 18.5 Å². The first-order valence-electron chi connectivity index (χ1n) is 5.73. The van der Waals surface area contributed by atoms with E-state index in [0.29, 0.717) is 0 Å². The van der Waals surface area contributed by atoms with Crippen LogP contribution >= 0.6 is 0 Å². The first-order chi connectivity index (χ1) is 9.99. The van der Waals surface area contributed by atoms with E-state index in [4.69, 9.17) is 5.73 Å². The molecule has 0 aliphatic heterocycles. The Morgan fingerprint density at radius 2 is 1.86 bits per heavy atom. The maximum absolute atomic E-state index is 12.9. The zero-order valence-electron chi connectivity index (χ0n) is 11.0. The minimum atomic E-state index is -5.38. The minimum absolute atomic E-state index is 0.123. The van der Waals surface area contributed by atoms with Crippen molar-refractivity contribution in [2.75, 3.05) is 6.61 Å². The molecule has 124 valence electrons. The van der Waals surface area contributed by atoms with Gasteiger partial charge in [-0.25, -0.2) is 9.78 Å². The zero-order chi connectivity index (χ0) is 17.1. The van der Waals surface area contributed by atoms with E-state index < -0.39 is 47.8 Å². The fourth-order valence-electron chi connectivity index (χ4n) is 1.47. The van der Waals surface area contributed by atoms with Crippen LogP contribution < -0.4 is 10.5 Å². The van der Waals surface area contributed by atoms with E-state index in [1.54, 1.807) is 0 Å². The number of aromatic nitrogens is 1. The molecule has 11 heteroatoms. The summed E-state index contributed by atoms with van der Waals surface area (Å²) in [5, 5.41) is 0. The molecule has 0 fully saturated rings. The van der Waals surface area contributed by atoms with Crippen LogP contribution in [0.4, 0.5) is 26.3 Å². The molecule has 5 nitrogen and oxygen atoms in total. The van der Waals surface area contributed by atoms with E-state index in [-0.39, 0.29) is 12.7 Å². The van der Waals surface area contributed by atoms with Crippen LogP contribution in [0.1, 0.15) is 28.7 Å². The highest BCUT2D eigenvalue weighted by Crippen LogP contribution is 2.40. The highest BCUT2D eigenvalue weighted by atomic mass is 19.4. The van der Waals surface area contributed by atoms with Crippen molar-refractivity contribution in [2.24, 2.45) is 5.73 Å². The number of halogens is 6. The molecule has 1 rings (SSSR count).